The molecule has 0 saturated heterocycles. The largest absolute Gasteiger partial charge is 0.208 e. The maximum Gasteiger partial charge on any atom is 0.164 e. The number of aromatic nitrogens is 3. The highest BCUT2D eigenvalue weighted by molar-refractivity contribution is 6.13. The molecule has 3 heteroatoms. The van der Waals surface area contributed by atoms with Crippen molar-refractivity contribution in [2.75, 3.05) is 0 Å². The maximum absolute atomic E-state index is 5.06. The topological polar surface area (TPSA) is 38.7 Å². The van der Waals surface area contributed by atoms with Crippen molar-refractivity contribution in [1.29, 1.82) is 0 Å². The van der Waals surface area contributed by atoms with E-state index in [1.165, 1.54) is 38.2 Å². The fourth-order valence-corrected chi connectivity index (χ4v) is 6.77. The molecule has 9 rings (SSSR count). The van der Waals surface area contributed by atoms with Gasteiger partial charge in [0, 0.05) is 16.7 Å². The molecule has 0 amide bonds. The molecule has 0 aliphatic carbocycles. The Bertz CT molecular complexity index is 2610. The van der Waals surface area contributed by atoms with Crippen LogP contribution in [0.15, 0.2) is 188 Å². The Kier molecular flexibility index (Phi) is 7.49. The molecule has 0 fully saturated rings. The Morgan fingerprint density at radius 1 is 0.240 bits per heavy atom. The zero-order valence-electron chi connectivity index (χ0n) is 27.2. The predicted octanol–water partition coefficient (Wildman–Crippen LogP) is 12.2. The lowest BCUT2D eigenvalue weighted by Crippen LogP contribution is -2.00. The highest BCUT2D eigenvalue weighted by Crippen LogP contribution is 2.36. The lowest BCUT2D eigenvalue weighted by atomic mass is 9.93. The van der Waals surface area contributed by atoms with Crippen molar-refractivity contribution in [3.63, 3.8) is 0 Å². The summed E-state index contributed by atoms with van der Waals surface area (Å²) in [6, 6.07) is 65.9. The van der Waals surface area contributed by atoms with Gasteiger partial charge in [0.2, 0.25) is 0 Å². The lowest BCUT2D eigenvalue weighted by Gasteiger charge is -2.12. The van der Waals surface area contributed by atoms with Crippen molar-refractivity contribution in [3.8, 4) is 67.5 Å². The Morgan fingerprint density at radius 3 is 1.34 bits per heavy atom. The van der Waals surface area contributed by atoms with Crippen molar-refractivity contribution < 1.29 is 0 Å². The zero-order chi connectivity index (χ0) is 33.3. The van der Waals surface area contributed by atoms with Crippen LogP contribution in [0.1, 0.15) is 0 Å². The van der Waals surface area contributed by atoms with Gasteiger partial charge >= 0.3 is 0 Å². The quantitative estimate of drug-likeness (QED) is 0.170. The molecule has 50 heavy (non-hydrogen) atoms. The Balaban J connectivity index is 1.11. The molecule has 1 aromatic heterocycles. The van der Waals surface area contributed by atoms with Crippen molar-refractivity contribution in [3.05, 3.63) is 188 Å². The highest BCUT2D eigenvalue weighted by atomic mass is 15.0. The minimum atomic E-state index is 0.640. The van der Waals surface area contributed by atoms with Crippen molar-refractivity contribution >= 4 is 21.5 Å². The van der Waals surface area contributed by atoms with Crippen LogP contribution in [0.2, 0.25) is 0 Å². The summed E-state index contributed by atoms with van der Waals surface area (Å²) in [4.78, 5) is 15.0. The second-order valence-corrected chi connectivity index (χ2v) is 12.5. The van der Waals surface area contributed by atoms with Gasteiger partial charge in [-0.05, 0) is 67.1 Å². The van der Waals surface area contributed by atoms with Gasteiger partial charge in [0.15, 0.2) is 17.5 Å². The van der Waals surface area contributed by atoms with E-state index >= 15 is 0 Å². The Labute approximate surface area is 291 Å². The van der Waals surface area contributed by atoms with Gasteiger partial charge in [-0.15, -0.1) is 0 Å². The first kappa shape index (κ1) is 29.4. The minimum absolute atomic E-state index is 0.640. The van der Waals surface area contributed by atoms with Gasteiger partial charge in [-0.3, -0.25) is 0 Å². The number of rotatable bonds is 6. The van der Waals surface area contributed by atoms with E-state index in [0.717, 1.165) is 33.4 Å². The molecule has 0 spiro atoms. The summed E-state index contributed by atoms with van der Waals surface area (Å²) in [5.74, 6) is 1.93. The van der Waals surface area contributed by atoms with Gasteiger partial charge in [0.1, 0.15) is 0 Å². The summed E-state index contributed by atoms with van der Waals surface area (Å²) >= 11 is 0. The van der Waals surface area contributed by atoms with E-state index in [-0.39, 0.29) is 0 Å². The van der Waals surface area contributed by atoms with Crippen molar-refractivity contribution in [2.45, 2.75) is 0 Å². The van der Waals surface area contributed by atoms with Crippen LogP contribution in [-0.2, 0) is 0 Å². The number of fused-ring (bicyclic) bond motifs is 3. The summed E-state index contributed by atoms with van der Waals surface area (Å²) in [5.41, 5.74) is 9.84. The molecule has 0 N–H and O–H groups in total. The first-order valence-corrected chi connectivity index (χ1v) is 16.9. The van der Waals surface area contributed by atoms with Gasteiger partial charge in [-0.1, -0.05) is 176 Å². The van der Waals surface area contributed by atoms with E-state index in [0.29, 0.717) is 17.5 Å². The third kappa shape index (κ3) is 5.61. The first-order chi connectivity index (χ1) is 24.8. The molecular weight excluding hydrogens is 607 g/mol. The highest BCUT2D eigenvalue weighted by Gasteiger charge is 2.14. The number of benzene rings is 8. The van der Waals surface area contributed by atoms with Gasteiger partial charge < -0.3 is 0 Å². The fourth-order valence-electron chi connectivity index (χ4n) is 6.77. The molecule has 3 nitrogen and oxygen atoms in total. The fraction of sp³-hybridized carbons (Fsp3) is 0. The van der Waals surface area contributed by atoms with Gasteiger partial charge in [-0.25, -0.2) is 15.0 Å². The maximum atomic E-state index is 5.06. The molecule has 9 aromatic rings. The SMILES string of the molecule is c1ccc(-c2ccc(-c3cccc(-c4nc(-c5ccccc5)nc(-c5ccc(-c6cc7ccccc7c7ccccc67)cc5)n4)c3)cc2)cc1. The minimum Gasteiger partial charge on any atom is -0.208 e. The van der Waals surface area contributed by atoms with Gasteiger partial charge in [-0.2, -0.15) is 0 Å². The van der Waals surface area contributed by atoms with Crippen molar-refractivity contribution in [2.24, 2.45) is 0 Å². The molecule has 0 atom stereocenters. The van der Waals surface area contributed by atoms with Crippen molar-refractivity contribution in [1.82, 2.24) is 15.0 Å². The second-order valence-electron chi connectivity index (χ2n) is 12.5. The van der Waals surface area contributed by atoms with Crippen LogP contribution in [0.25, 0.3) is 89.1 Å². The summed E-state index contributed by atoms with van der Waals surface area (Å²) in [5, 5.41) is 4.99. The predicted molar refractivity (Wildman–Crippen MR) is 207 cm³/mol. The van der Waals surface area contributed by atoms with Crippen LogP contribution in [-0.4, -0.2) is 15.0 Å². The van der Waals surface area contributed by atoms with E-state index in [4.69, 9.17) is 15.0 Å². The van der Waals surface area contributed by atoms with Crippen LogP contribution >= 0.6 is 0 Å². The Morgan fingerprint density at radius 2 is 0.660 bits per heavy atom. The average molecular weight is 638 g/mol. The standard InChI is InChI=1S/C47H31N3/c1-3-12-32(13-4-1)33-22-24-34(25-23-33)38-17-11-18-40(30-38)47-49-45(36-14-5-2-6-15-36)48-46(50-47)37-28-26-35(27-29-37)44-31-39-16-7-8-19-41(39)42-20-9-10-21-43(42)44/h1-31H. The monoisotopic (exact) mass is 637 g/mol. The number of hydrogen-bond acceptors (Lipinski definition) is 3. The summed E-state index contributed by atoms with van der Waals surface area (Å²) in [7, 11) is 0. The molecule has 234 valence electrons. The Hall–Kier alpha value is -6.71. The third-order valence-corrected chi connectivity index (χ3v) is 9.34. The average Bonchev–Trinajstić information content (AvgIpc) is 3.21. The molecule has 0 saturated carbocycles. The van der Waals surface area contributed by atoms with Crippen LogP contribution in [0.5, 0.6) is 0 Å². The number of hydrogen-bond donors (Lipinski definition) is 0. The smallest absolute Gasteiger partial charge is 0.164 e. The molecular formula is C47H31N3. The summed E-state index contributed by atoms with van der Waals surface area (Å²) in [6.07, 6.45) is 0. The molecule has 0 unspecified atom stereocenters. The molecule has 0 radical (unpaired) electrons. The van der Waals surface area contributed by atoms with Gasteiger partial charge in [0.25, 0.3) is 0 Å². The van der Waals surface area contributed by atoms with Crippen LogP contribution < -0.4 is 0 Å². The molecule has 1 heterocycles. The van der Waals surface area contributed by atoms with Crippen LogP contribution in [0.4, 0.5) is 0 Å². The second kappa shape index (κ2) is 12.7. The van der Waals surface area contributed by atoms with E-state index < -0.39 is 0 Å². The van der Waals surface area contributed by atoms with E-state index in [1.807, 2.05) is 36.4 Å². The molecule has 0 aliphatic heterocycles. The third-order valence-electron chi connectivity index (χ3n) is 9.34. The van der Waals surface area contributed by atoms with E-state index in [2.05, 4.69) is 152 Å². The lowest BCUT2D eigenvalue weighted by molar-refractivity contribution is 1.07. The zero-order valence-corrected chi connectivity index (χ0v) is 27.2. The summed E-state index contributed by atoms with van der Waals surface area (Å²) in [6.45, 7) is 0. The summed E-state index contributed by atoms with van der Waals surface area (Å²) < 4.78 is 0. The first-order valence-electron chi connectivity index (χ1n) is 16.9. The molecule has 0 aliphatic rings. The van der Waals surface area contributed by atoms with E-state index in [9.17, 15) is 0 Å². The number of nitrogens with zero attached hydrogens (tertiary/aromatic N) is 3. The normalized spacial score (nSPS) is 11.2. The van der Waals surface area contributed by atoms with Crippen LogP contribution in [0, 0.1) is 0 Å². The van der Waals surface area contributed by atoms with Crippen LogP contribution in [0.3, 0.4) is 0 Å². The molecule has 8 aromatic carbocycles. The van der Waals surface area contributed by atoms with Gasteiger partial charge in [0.05, 0.1) is 0 Å². The van der Waals surface area contributed by atoms with E-state index in [1.54, 1.807) is 0 Å². The molecule has 0 bridgehead atoms.